The Morgan fingerprint density at radius 2 is 1.94 bits per heavy atom. The highest BCUT2D eigenvalue weighted by Crippen LogP contribution is 2.33. The zero-order valence-corrected chi connectivity index (χ0v) is 11.1. The SMILES string of the molecule is CC(C)(C)OC(=O)NC1(C(=O)OCCl)CCC1. The van der Waals surface area contributed by atoms with E-state index in [0.717, 1.165) is 6.42 Å². The van der Waals surface area contributed by atoms with Crippen LogP contribution in [-0.4, -0.2) is 29.3 Å². The van der Waals surface area contributed by atoms with Crippen LogP contribution in [0.5, 0.6) is 0 Å². The Balaban J connectivity index is 2.58. The third-order valence-electron chi connectivity index (χ3n) is 2.52. The van der Waals surface area contributed by atoms with Crippen LogP contribution >= 0.6 is 11.6 Å². The lowest BCUT2D eigenvalue weighted by Crippen LogP contribution is -2.60. The standard InChI is InChI=1S/C11H18ClNO4/c1-10(2,3)17-9(15)13-11(5-4-6-11)8(14)16-7-12/h4-7H2,1-3H3,(H,13,15). The monoisotopic (exact) mass is 263 g/mol. The minimum atomic E-state index is -0.947. The molecule has 0 heterocycles. The molecule has 1 saturated carbocycles. The Kier molecular flexibility index (Phi) is 4.25. The molecule has 1 aliphatic rings. The largest absolute Gasteiger partial charge is 0.448 e. The molecule has 0 atom stereocenters. The number of ether oxygens (including phenoxy) is 2. The molecule has 0 unspecified atom stereocenters. The molecule has 98 valence electrons. The van der Waals surface area contributed by atoms with Gasteiger partial charge in [-0.25, -0.2) is 9.59 Å². The van der Waals surface area contributed by atoms with Crippen molar-refractivity contribution >= 4 is 23.7 Å². The van der Waals surface area contributed by atoms with Gasteiger partial charge in [-0.3, -0.25) is 0 Å². The minimum Gasteiger partial charge on any atom is -0.448 e. The van der Waals surface area contributed by atoms with Gasteiger partial charge in [0.25, 0.3) is 0 Å². The first-order chi connectivity index (χ1) is 7.79. The highest BCUT2D eigenvalue weighted by molar-refractivity contribution is 6.17. The van der Waals surface area contributed by atoms with Crippen LogP contribution < -0.4 is 5.32 Å². The number of hydrogen-bond donors (Lipinski definition) is 1. The fraction of sp³-hybridized carbons (Fsp3) is 0.818. The van der Waals surface area contributed by atoms with Gasteiger partial charge in [0.15, 0.2) is 6.07 Å². The fourth-order valence-corrected chi connectivity index (χ4v) is 1.70. The number of nitrogens with one attached hydrogen (secondary N) is 1. The van der Waals surface area contributed by atoms with Crippen LogP contribution in [0.4, 0.5) is 4.79 Å². The van der Waals surface area contributed by atoms with E-state index < -0.39 is 23.2 Å². The van der Waals surface area contributed by atoms with Crippen molar-refractivity contribution in [1.29, 1.82) is 0 Å². The molecule has 1 fully saturated rings. The molecule has 1 aliphatic carbocycles. The van der Waals surface area contributed by atoms with E-state index in [4.69, 9.17) is 21.1 Å². The van der Waals surface area contributed by atoms with Crippen molar-refractivity contribution in [1.82, 2.24) is 5.32 Å². The van der Waals surface area contributed by atoms with Gasteiger partial charge in [-0.05, 0) is 40.0 Å². The first kappa shape index (κ1) is 14.1. The van der Waals surface area contributed by atoms with Gasteiger partial charge in [0.05, 0.1) is 0 Å². The van der Waals surface area contributed by atoms with Crippen molar-refractivity contribution in [3.63, 3.8) is 0 Å². The molecule has 0 bridgehead atoms. The minimum absolute atomic E-state index is 0.212. The molecule has 0 aromatic carbocycles. The quantitative estimate of drug-likeness (QED) is 0.626. The molecule has 1 rings (SSSR count). The normalized spacial score (nSPS) is 17.9. The number of halogens is 1. The molecule has 6 heteroatoms. The molecule has 17 heavy (non-hydrogen) atoms. The Bertz CT molecular complexity index is 307. The van der Waals surface area contributed by atoms with Gasteiger partial charge < -0.3 is 14.8 Å². The van der Waals surface area contributed by atoms with Crippen LogP contribution in [0.15, 0.2) is 0 Å². The summed E-state index contributed by atoms with van der Waals surface area (Å²) >= 11 is 5.34. The van der Waals surface area contributed by atoms with Gasteiger partial charge >= 0.3 is 12.1 Å². The van der Waals surface area contributed by atoms with Gasteiger partial charge in [0.2, 0.25) is 0 Å². The van der Waals surface area contributed by atoms with Crippen LogP contribution in [0, 0.1) is 0 Å². The second-order valence-corrected chi connectivity index (χ2v) is 5.32. The second-order valence-electron chi connectivity index (χ2n) is 5.10. The van der Waals surface area contributed by atoms with Crippen LogP contribution in [-0.2, 0) is 14.3 Å². The van der Waals surface area contributed by atoms with E-state index in [1.165, 1.54) is 0 Å². The predicted molar refractivity (Wildman–Crippen MR) is 62.8 cm³/mol. The topological polar surface area (TPSA) is 64.6 Å². The van der Waals surface area contributed by atoms with E-state index in [0.29, 0.717) is 12.8 Å². The van der Waals surface area contributed by atoms with Crippen molar-refractivity contribution in [2.24, 2.45) is 0 Å². The highest BCUT2D eigenvalue weighted by atomic mass is 35.5. The summed E-state index contributed by atoms with van der Waals surface area (Å²) in [6.07, 6.45) is 1.38. The first-order valence-electron chi connectivity index (χ1n) is 5.53. The second kappa shape index (κ2) is 5.12. The summed E-state index contributed by atoms with van der Waals surface area (Å²) in [5, 5.41) is 2.58. The average molecular weight is 264 g/mol. The zero-order chi connectivity index (χ0) is 13.1. The number of hydrogen-bond acceptors (Lipinski definition) is 4. The number of carbonyl (C=O) groups excluding carboxylic acids is 2. The van der Waals surface area contributed by atoms with Gasteiger partial charge in [-0.2, -0.15) is 0 Å². The van der Waals surface area contributed by atoms with Crippen molar-refractivity contribution in [2.75, 3.05) is 6.07 Å². The van der Waals surface area contributed by atoms with Crippen molar-refractivity contribution < 1.29 is 19.1 Å². The maximum atomic E-state index is 11.7. The summed E-state index contributed by atoms with van der Waals surface area (Å²) in [5.74, 6) is -0.496. The number of rotatable bonds is 3. The third-order valence-corrected chi connectivity index (χ3v) is 2.63. The summed E-state index contributed by atoms with van der Waals surface area (Å²) in [4.78, 5) is 23.3. The molecule has 0 spiro atoms. The summed E-state index contributed by atoms with van der Waals surface area (Å²) in [5.41, 5.74) is -1.54. The lowest BCUT2D eigenvalue weighted by Gasteiger charge is -2.39. The van der Waals surface area contributed by atoms with E-state index in [1.54, 1.807) is 20.8 Å². The summed E-state index contributed by atoms with van der Waals surface area (Å²) in [6, 6.07) is -0.212. The zero-order valence-electron chi connectivity index (χ0n) is 10.3. The fourth-order valence-electron chi connectivity index (χ4n) is 1.60. The first-order valence-corrected chi connectivity index (χ1v) is 6.07. The van der Waals surface area contributed by atoms with E-state index in [1.807, 2.05) is 0 Å². The number of amides is 1. The van der Waals surface area contributed by atoms with Crippen molar-refractivity contribution in [2.45, 2.75) is 51.2 Å². The Morgan fingerprint density at radius 1 is 1.35 bits per heavy atom. The van der Waals surface area contributed by atoms with Crippen LogP contribution in [0.25, 0.3) is 0 Å². The smallest absolute Gasteiger partial charge is 0.408 e. The molecule has 0 aliphatic heterocycles. The summed E-state index contributed by atoms with van der Waals surface area (Å²) in [7, 11) is 0. The van der Waals surface area contributed by atoms with Gasteiger partial charge in [0, 0.05) is 0 Å². The number of alkyl carbamates (subject to hydrolysis) is 1. The molecule has 1 amide bonds. The number of alkyl halides is 1. The molecule has 0 radical (unpaired) electrons. The van der Waals surface area contributed by atoms with Crippen molar-refractivity contribution in [3.8, 4) is 0 Å². The average Bonchev–Trinajstić information content (AvgIpc) is 2.08. The van der Waals surface area contributed by atoms with Gasteiger partial charge in [-0.1, -0.05) is 11.6 Å². The lowest BCUT2D eigenvalue weighted by molar-refractivity contribution is -0.153. The Labute approximate surface area is 106 Å². The summed E-state index contributed by atoms with van der Waals surface area (Å²) < 4.78 is 9.84. The Morgan fingerprint density at radius 3 is 2.29 bits per heavy atom. The van der Waals surface area contributed by atoms with Gasteiger partial charge in [0.1, 0.15) is 11.1 Å². The summed E-state index contributed by atoms with van der Waals surface area (Å²) in [6.45, 7) is 5.28. The molecule has 0 aromatic rings. The lowest BCUT2D eigenvalue weighted by atomic mass is 9.77. The third kappa shape index (κ3) is 3.77. The van der Waals surface area contributed by atoms with Gasteiger partial charge in [-0.15, -0.1) is 0 Å². The van der Waals surface area contributed by atoms with E-state index >= 15 is 0 Å². The van der Waals surface area contributed by atoms with E-state index in [2.05, 4.69) is 5.32 Å². The van der Waals surface area contributed by atoms with E-state index in [9.17, 15) is 9.59 Å². The molecule has 0 saturated heterocycles. The molecule has 5 nitrogen and oxygen atoms in total. The van der Waals surface area contributed by atoms with Crippen LogP contribution in [0.1, 0.15) is 40.0 Å². The number of esters is 1. The Hall–Kier alpha value is -0.970. The highest BCUT2D eigenvalue weighted by Gasteiger charge is 2.47. The molecular formula is C11H18ClNO4. The van der Waals surface area contributed by atoms with E-state index in [-0.39, 0.29) is 6.07 Å². The van der Waals surface area contributed by atoms with Crippen LogP contribution in [0.2, 0.25) is 0 Å². The molecule has 1 N–H and O–H groups in total. The van der Waals surface area contributed by atoms with Crippen molar-refractivity contribution in [3.05, 3.63) is 0 Å². The molecule has 0 aromatic heterocycles. The van der Waals surface area contributed by atoms with Crippen LogP contribution in [0.3, 0.4) is 0 Å². The maximum Gasteiger partial charge on any atom is 0.408 e. The number of carbonyl (C=O) groups is 2. The molecular weight excluding hydrogens is 246 g/mol. The maximum absolute atomic E-state index is 11.7. The predicted octanol–water partition coefficient (Wildman–Crippen LogP) is 2.17.